The minimum atomic E-state index is -1.07. The third-order valence-electron chi connectivity index (χ3n) is 6.96. The van der Waals surface area contributed by atoms with Crippen LogP contribution in [0.15, 0.2) is 30.3 Å². The summed E-state index contributed by atoms with van der Waals surface area (Å²) >= 11 is 0. The van der Waals surface area contributed by atoms with E-state index in [1.807, 2.05) is 49.1 Å². The van der Waals surface area contributed by atoms with Crippen molar-refractivity contribution in [2.45, 2.75) is 83.4 Å². The SMILES string of the molecule is CCC(CC)C(=O)N1CCC(C)(O)C(NC(=O)C2CCCC2)C1c1ccccc1. The predicted octanol–water partition coefficient (Wildman–Crippen LogP) is 3.82. The third-order valence-corrected chi connectivity index (χ3v) is 6.96. The van der Waals surface area contributed by atoms with E-state index in [4.69, 9.17) is 0 Å². The fourth-order valence-corrected chi connectivity index (χ4v) is 5.00. The number of hydrogen-bond acceptors (Lipinski definition) is 3. The van der Waals surface area contributed by atoms with Gasteiger partial charge in [0.05, 0.1) is 17.7 Å². The van der Waals surface area contributed by atoms with Crippen molar-refractivity contribution in [3.63, 3.8) is 0 Å². The van der Waals surface area contributed by atoms with Crippen LogP contribution in [0.4, 0.5) is 0 Å². The van der Waals surface area contributed by atoms with Gasteiger partial charge in [-0.15, -0.1) is 0 Å². The summed E-state index contributed by atoms with van der Waals surface area (Å²) in [5.74, 6) is 0.132. The average Bonchev–Trinajstić information content (AvgIpc) is 3.25. The zero-order chi connectivity index (χ0) is 21.0. The van der Waals surface area contributed by atoms with Gasteiger partial charge in [-0.25, -0.2) is 0 Å². The molecule has 5 nitrogen and oxygen atoms in total. The van der Waals surface area contributed by atoms with Crippen molar-refractivity contribution in [2.75, 3.05) is 6.54 Å². The molecule has 1 aliphatic carbocycles. The van der Waals surface area contributed by atoms with E-state index in [0.717, 1.165) is 44.1 Å². The maximum atomic E-state index is 13.4. The van der Waals surface area contributed by atoms with Gasteiger partial charge in [0.1, 0.15) is 0 Å². The van der Waals surface area contributed by atoms with E-state index in [1.54, 1.807) is 6.92 Å². The fraction of sp³-hybridized carbons (Fsp3) is 0.667. The minimum Gasteiger partial charge on any atom is -0.388 e. The first-order valence-corrected chi connectivity index (χ1v) is 11.3. The van der Waals surface area contributed by atoms with E-state index in [9.17, 15) is 14.7 Å². The molecule has 160 valence electrons. The first-order chi connectivity index (χ1) is 13.9. The van der Waals surface area contributed by atoms with Crippen LogP contribution in [0.25, 0.3) is 0 Å². The molecule has 1 heterocycles. The number of rotatable bonds is 6. The van der Waals surface area contributed by atoms with E-state index < -0.39 is 11.6 Å². The molecule has 1 aromatic rings. The molecule has 1 saturated heterocycles. The highest BCUT2D eigenvalue weighted by Gasteiger charge is 2.48. The first kappa shape index (κ1) is 21.8. The Morgan fingerprint density at radius 3 is 2.38 bits per heavy atom. The van der Waals surface area contributed by atoms with Crippen molar-refractivity contribution < 1.29 is 14.7 Å². The number of piperidine rings is 1. The standard InChI is InChI=1S/C24H36N2O3/c1-4-17(5-2)23(28)26-16-15-24(3,29)21(20(26)18-11-7-6-8-12-18)25-22(27)19-13-9-10-14-19/h6-8,11-12,17,19-21,29H,4-5,9-10,13-16H2,1-3H3,(H,25,27). The molecule has 2 amide bonds. The summed E-state index contributed by atoms with van der Waals surface area (Å²) in [5, 5.41) is 14.4. The molecule has 29 heavy (non-hydrogen) atoms. The number of nitrogens with one attached hydrogen (secondary N) is 1. The van der Waals surface area contributed by atoms with Crippen LogP contribution in [0.5, 0.6) is 0 Å². The summed E-state index contributed by atoms with van der Waals surface area (Å²) in [6, 6.07) is 8.96. The van der Waals surface area contributed by atoms with Crippen molar-refractivity contribution in [3.8, 4) is 0 Å². The molecule has 1 aliphatic heterocycles. The maximum absolute atomic E-state index is 13.4. The lowest BCUT2D eigenvalue weighted by atomic mass is 9.78. The Balaban J connectivity index is 1.96. The van der Waals surface area contributed by atoms with E-state index in [1.165, 1.54) is 0 Å². The number of carbonyl (C=O) groups is 2. The van der Waals surface area contributed by atoms with Crippen LogP contribution in [0.3, 0.4) is 0 Å². The van der Waals surface area contributed by atoms with Crippen LogP contribution in [0.1, 0.15) is 77.3 Å². The number of nitrogens with zero attached hydrogens (tertiary/aromatic N) is 1. The third kappa shape index (κ3) is 4.66. The lowest BCUT2D eigenvalue weighted by molar-refractivity contribution is -0.150. The predicted molar refractivity (Wildman–Crippen MR) is 114 cm³/mol. The highest BCUT2D eigenvalue weighted by molar-refractivity contribution is 5.81. The fourth-order valence-electron chi connectivity index (χ4n) is 5.00. The van der Waals surface area contributed by atoms with Crippen molar-refractivity contribution in [1.29, 1.82) is 0 Å². The van der Waals surface area contributed by atoms with E-state index >= 15 is 0 Å². The van der Waals surface area contributed by atoms with Crippen molar-refractivity contribution in [3.05, 3.63) is 35.9 Å². The van der Waals surface area contributed by atoms with Gasteiger partial charge in [0, 0.05) is 18.4 Å². The van der Waals surface area contributed by atoms with Gasteiger partial charge in [0.2, 0.25) is 11.8 Å². The molecule has 3 unspecified atom stereocenters. The molecule has 1 saturated carbocycles. The number of hydrogen-bond donors (Lipinski definition) is 2. The number of likely N-dealkylation sites (tertiary alicyclic amines) is 1. The van der Waals surface area contributed by atoms with Crippen LogP contribution in [0, 0.1) is 11.8 Å². The number of aliphatic hydroxyl groups is 1. The molecule has 5 heteroatoms. The Morgan fingerprint density at radius 1 is 1.17 bits per heavy atom. The van der Waals surface area contributed by atoms with Gasteiger partial charge >= 0.3 is 0 Å². The molecule has 0 radical (unpaired) electrons. The summed E-state index contributed by atoms with van der Waals surface area (Å²) in [6.45, 7) is 6.38. The molecule has 1 aromatic carbocycles. The van der Waals surface area contributed by atoms with Crippen LogP contribution in [0.2, 0.25) is 0 Å². The van der Waals surface area contributed by atoms with Crippen molar-refractivity contribution >= 4 is 11.8 Å². The van der Waals surface area contributed by atoms with Gasteiger partial charge in [-0.2, -0.15) is 0 Å². The molecular formula is C24H36N2O3. The molecule has 3 rings (SSSR count). The average molecular weight is 401 g/mol. The Bertz CT molecular complexity index is 693. The Labute approximate surface area is 174 Å². The number of amides is 2. The summed E-state index contributed by atoms with van der Waals surface area (Å²) in [6.07, 6.45) is 6.03. The Morgan fingerprint density at radius 2 is 1.79 bits per heavy atom. The number of benzene rings is 1. The summed E-state index contributed by atoms with van der Waals surface area (Å²) in [5.41, 5.74) is -0.108. The van der Waals surface area contributed by atoms with Gasteiger partial charge in [-0.3, -0.25) is 9.59 Å². The lowest BCUT2D eigenvalue weighted by Gasteiger charge is -2.50. The van der Waals surface area contributed by atoms with E-state index in [2.05, 4.69) is 5.32 Å². The van der Waals surface area contributed by atoms with E-state index in [-0.39, 0.29) is 29.7 Å². The smallest absolute Gasteiger partial charge is 0.226 e. The zero-order valence-electron chi connectivity index (χ0n) is 18.1. The first-order valence-electron chi connectivity index (χ1n) is 11.3. The minimum absolute atomic E-state index is 0.0190. The highest BCUT2D eigenvalue weighted by Crippen LogP contribution is 2.39. The topological polar surface area (TPSA) is 69.6 Å². The molecule has 2 fully saturated rings. The largest absolute Gasteiger partial charge is 0.388 e. The van der Waals surface area contributed by atoms with Gasteiger partial charge in [0.25, 0.3) is 0 Å². The van der Waals surface area contributed by atoms with Gasteiger partial charge in [-0.05, 0) is 44.6 Å². The lowest BCUT2D eigenvalue weighted by Crippen LogP contribution is -2.64. The monoisotopic (exact) mass is 400 g/mol. The van der Waals surface area contributed by atoms with Crippen LogP contribution in [-0.2, 0) is 9.59 Å². The van der Waals surface area contributed by atoms with Crippen LogP contribution < -0.4 is 5.32 Å². The normalized spacial score (nSPS) is 28.0. The van der Waals surface area contributed by atoms with Crippen molar-refractivity contribution in [2.24, 2.45) is 11.8 Å². The second kappa shape index (κ2) is 9.29. The second-order valence-corrected chi connectivity index (χ2v) is 8.98. The van der Waals surface area contributed by atoms with Gasteiger partial charge in [0.15, 0.2) is 0 Å². The van der Waals surface area contributed by atoms with Crippen LogP contribution >= 0.6 is 0 Å². The van der Waals surface area contributed by atoms with Crippen LogP contribution in [-0.4, -0.2) is 40.0 Å². The summed E-state index contributed by atoms with van der Waals surface area (Å²) in [7, 11) is 0. The summed E-state index contributed by atoms with van der Waals surface area (Å²) < 4.78 is 0. The van der Waals surface area contributed by atoms with Gasteiger partial charge < -0.3 is 15.3 Å². The molecular weight excluding hydrogens is 364 g/mol. The van der Waals surface area contributed by atoms with Crippen molar-refractivity contribution in [1.82, 2.24) is 10.2 Å². The quantitative estimate of drug-likeness (QED) is 0.763. The Kier molecular flexibility index (Phi) is 6.99. The molecule has 2 aliphatic rings. The second-order valence-electron chi connectivity index (χ2n) is 8.98. The number of carbonyl (C=O) groups excluding carboxylic acids is 2. The summed E-state index contributed by atoms with van der Waals surface area (Å²) in [4.78, 5) is 28.3. The molecule has 2 N–H and O–H groups in total. The Hall–Kier alpha value is -1.88. The van der Waals surface area contributed by atoms with E-state index in [0.29, 0.717) is 13.0 Å². The molecule has 3 atom stereocenters. The maximum Gasteiger partial charge on any atom is 0.226 e. The zero-order valence-corrected chi connectivity index (χ0v) is 18.1. The molecule has 0 bridgehead atoms. The van der Waals surface area contributed by atoms with Gasteiger partial charge in [-0.1, -0.05) is 57.0 Å². The highest BCUT2D eigenvalue weighted by atomic mass is 16.3. The molecule has 0 spiro atoms. The molecule has 0 aromatic heterocycles.